The minimum absolute atomic E-state index is 0.731. The SMILES string of the molecule is [C-]#[N+]c1cc2c(ccc3c2ccc2c4ccc5sc(C#N)cc5c4ccc32)s1. The van der Waals surface area contributed by atoms with Crippen LogP contribution >= 0.6 is 22.7 Å². The van der Waals surface area contributed by atoms with Gasteiger partial charge in [-0.3, -0.25) is 0 Å². The average Bonchev–Trinajstić information content (AvgIpc) is 3.36. The third kappa shape index (κ3) is 1.99. The number of rotatable bonds is 0. The van der Waals surface area contributed by atoms with Crippen molar-refractivity contribution in [2.75, 3.05) is 0 Å². The largest absolute Gasteiger partial charge is 0.242 e. The summed E-state index contributed by atoms with van der Waals surface area (Å²) >= 11 is 3.09. The summed E-state index contributed by atoms with van der Waals surface area (Å²) in [5, 5.41) is 19.5. The molecular weight excluding hydrogens is 380 g/mol. The van der Waals surface area contributed by atoms with Crippen molar-refractivity contribution in [3.05, 3.63) is 77.0 Å². The molecule has 2 heterocycles. The van der Waals surface area contributed by atoms with Crippen LogP contribution in [0.3, 0.4) is 0 Å². The Hall–Kier alpha value is -3.44. The lowest BCUT2D eigenvalue weighted by Crippen LogP contribution is -1.81. The van der Waals surface area contributed by atoms with Crippen LogP contribution in [0.5, 0.6) is 0 Å². The fourth-order valence-corrected chi connectivity index (χ4v) is 5.91. The number of benzene rings is 4. The van der Waals surface area contributed by atoms with Gasteiger partial charge in [-0.15, -0.1) is 11.3 Å². The molecule has 0 saturated heterocycles. The number of nitriles is 1. The first-order valence-corrected chi connectivity index (χ1v) is 10.4. The molecule has 4 heteroatoms. The lowest BCUT2D eigenvalue weighted by molar-refractivity contribution is 1.52. The highest BCUT2D eigenvalue weighted by Gasteiger charge is 2.12. The van der Waals surface area contributed by atoms with Crippen molar-refractivity contribution in [3.63, 3.8) is 0 Å². The maximum atomic E-state index is 9.25. The molecule has 0 N–H and O–H groups in total. The van der Waals surface area contributed by atoms with Crippen molar-refractivity contribution in [1.82, 2.24) is 0 Å². The zero-order chi connectivity index (χ0) is 18.8. The summed E-state index contributed by atoms with van der Waals surface area (Å²) in [5.74, 6) is 0. The number of nitrogens with zero attached hydrogens (tertiary/aromatic N) is 2. The molecule has 0 unspecified atom stereocenters. The van der Waals surface area contributed by atoms with Gasteiger partial charge in [0.1, 0.15) is 10.9 Å². The Balaban J connectivity index is 1.76. The van der Waals surface area contributed by atoms with Crippen molar-refractivity contribution in [1.29, 1.82) is 5.26 Å². The highest BCUT2D eigenvalue weighted by atomic mass is 32.1. The van der Waals surface area contributed by atoms with E-state index in [9.17, 15) is 5.26 Å². The van der Waals surface area contributed by atoms with Crippen LogP contribution < -0.4 is 0 Å². The second-order valence-electron chi connectivity index (χ2n) is 6.79. The maximum absolute atomic E-state index is 9.25. The monoisotopic (exact) mass is 390 g/mol. The van der Waals surface area contributed by atoms with Crippen LogP contribution in [0.25, 0.3) is 57.3 Å². The van der Waals surface area contributed by atoms with Crippen molar-refractivity contribution in [3.8, 4) is 6.07 Å². The van der Waals surface area contributed by atoms with Crippen LogP contribution in [-0.2, 0) is 0 Å². The third-order valence-electron chi connectivity index (χ3n) is 5.40. The molecule has 6 rings (SSSR count). The predicted molar refractivity (Wildman–Crippen MR) is 121 cm³/mol. The first kappa shape index (κ1) is 15.6. The average molecular weight is 390 g/mol. The molecular formula is C24H10N2S2. The zero-order valence-electron chi connectivity index (χ0n) is 14.5. The molecule has 0 aliphatic carbocycles. The summed E-state index contributed by atoms with van der Waals surface area (Å²) < 4.78 is 2.30. The molecule has 6 aromatic rings. The standard InChI is InChI=1S/C24H10N2S2/c1-26-24-11-21-19-5-3-14-15(17(19)7-9-23(21)28-24)2-4-18-16(14)6-8-22-20(18)10-13(12-25)27-22/h2-11H. The molecule has 0 fully saturated rings. The highest BCUT2D eigenvalue weighted by molar-refractivity contribution is 7.23. The smallest absolute Gasteiger partial charge is 0.227 e. The van der Waals surface area contributed by atoms with Crippen LogP contribution in [0.2, 0.25) is 0 Å². The van der Waals surface area contributed by atoms with Gasteiger partial charge in [-0.2, -0.15) is 16.6 Å². The van der Waals surface area contributed by atoms with Crippen LogP contribution in [0.4, 0.5) is 5.00 Å². The van der Waals surface area contributed by atoms with Gasteiger partial charge in [0.25, 0.3) is 0 Å². The van der Waals surface area contributed by atoms with Crippen molar-refractivity contribution in [2.24, 2.45) is 0 Å². The van der Waals surface area contributed by atoms with Crippen molar-refractivity contribution >= 4 is 80.2 Å². The highest BCUT2D eigenvalue weighted by Crippen LogP contribution is 2.41. The topological polar surface area (TPSA) is 28.1 Å². The molecule has 128 valence electrons. The maximum Gasteiger partial charge on any atom is 0.242 e. The lowest BCUT2D eigenvalue weighted by atomic mass is 9.95. The second-order valence-corrected chi connectivity index (χ2v) is 8.94. The van der Waals surface area contributed by atoms with E-state index in [4.69, 9.17) is 6.57 Å². The Labute approximate surface area is 168 Å². The van der Waals surface area contributed by atoms with Crippen LogP contribution in [0, 0.1) is 17.9 Å². The summed E-state index contributed by atoms with van der Waals surface area (Å²) in [5.41, 5.74) is 0. The number of fused-ring (bicyclic) bond motifs is 9. The Morgan fingerprint density at radius 3 is 1.64 bits per heavy atom. The molecule has 2 nitrogen and oxygen atoms in total. The molecule has 0 spiro atoms. The number of hydrogen-bond acceptors (Lipinski definition) is 3. The van der Waals surface area contributed by atoms with E-state index in [1.807, 2.05) is 12.1 Å². The Kier molecular flexibility index (Phi) is 3.08. The van der Waals surface area contributed by atoms with E-state index >= 15 is 0 Å². The Morgan fingerprint density at radius 2 is 1.11 bits per heavy atom. The predicted octanol–water partition coefficient (Wildman–Crippen LogP) is 8.00. The molecule has 2 aromatic heterocycles. The van der Waals surface area contributed by atoms with E-state index in [1.165, 1.54) is 32.3 Å². The summed E-state index contributed by atoms with van der Waals surface area (Å²) in [6, 6.07) is 23.6. The molecule has 0 aliphatic rings. The van der Waals surface area contributed by atoms with Gasteiger partial charge in [0.2, 0.25) is 5.00 Å². The van der Waals surface area contributed by atoms with E-state index in [1.54, 1.807) is 22.7 Å². The van der Waals surface area contributed by atoms with E-state index in [0.29, 0.717) is 0 Å². The van der Waals surface area contributed by atoms with Gasteiger partial charge >= 0.3 is 0 Å². The van der Waals surface area contributed by atoms with Crippen LogP contribution in [0.15, 0.2) is 60.7 Å². The lowest BCUT2D eigenvalue weighted by Gasteiger charge is -2.09. The molecule has 0 aliphatic heterocycles. The fraction of sp³-hybridized carbons (Fsp3) is 0. The molecule has 4 aromatic carbocycles. The minimum Gasteiger partial charge on any atom is -0.227 e. The van der Waals surface area contributed by atoms with Gasteiger partial charge in [0, 0.05) is 14.8 Å². The van der Waals surface area contributed by atoms with Gasteiger partial charge in [-0.25, -0.2) is 4.85 Å². The van der Waals surface area contributed by atoms with E-state index in [2.05, 4.69) is 59.4 Å². The quantitative estimate of drug-likeness (QED) is 0.191. The molecule has 28 heavy (non-hydrogen) atoms. The minimum atomic E-state index is 0.731. The normalized spacial score (nSPS) is 11.5. The van der Waals surface area contributed by atoms with Crippen LogP contribution in [-0.4, -0.2) is 0 Å². The first-order chi connectivity index (χ1) is 13.8. The van der Waals surface area contributed by atoms with Gasteiger partial charge < -0.3 is 0 Å². The molecule has 0 amide bonds. The summed E-state index contributed by atoms with van der Waals surface area (Å²) in [6.45, 7) is 7.30. The fourth-order valence-electron chi connectivity index (χ4n) is 4.17. The van der Waals surface area contributed by atoms with E-state index in [0.717, 1.165) is 30.1 Å². The second kappa shape index (κ2) is 5.53. The zero-order valence-corrected chi connectivity index (χ0v) is 16.1. The van der Waals surface area contributed by atoms with Gasteiger partial charge in [-0.1, -0.05) is 36.4 Å². The van der Waals surface area contributed by atoms with Crippen LogP contribution in [0.1, 0.15) is 4.88 Å². The molecule has 0 bridgehead atoms. The van der Waals surface area contributed by atoms with Crippen molar-refractivity contribution in [2.45, 2.75) is 0 Å². The number of thiophene rings is 2. The third-order valence-corrected chi connectivity index (χ3v) is 7.40. The summed E-state index contributed by atoms with van der Waals surface area (Å²) in [4.78, 5) is 4.35. The Morgan fingerprint density at radius 1 is 0.643 bits per heavy atom. The van der Waals surface area contributed by atoms with Crippen molar-refractivity contribution < 1.29 is 0 Å². The van der Waals surface area contributed by atoms with E-state index in [-0.39, 0.29) is 0 Å². The Bertz CT molecular complexity index is 1560. The van der Waals surface area contributed by atoms with E-state index < -0.39 is 0 Å². The molecule has 0 atom stereocenters. The molecule has 0 saturated carbocycles. The first-order valence-electron chi connectivity index (χ1n) is 8.78. The summed E-state index contributed by atoms with van der Waals surface area (Å²) in [6.07, 6.45) is 0. The van der Waals surface area contributed by atoms with Gasteiger partial charge in [0.15, 0.2) is 0 Å². The number of hydrogen-bond donors (Lipinski definition) is 0. The summed E-state index contributed by atoms with van der Waals surface area (Å²) in [7, 11) is 0. The molecule has 0 radical (unpaired) electrons. The van der Waals surface area contributed by atoms with Gasteiger partial charge in [-0.05, 0) is 62.0 Å². The van der Waals surface area contributed by atoms with Gasteiger partial charge in [0.05, 0.1) is 6.57 Å².